The van der Waals surface area contributed by atoms with E-state index in [9.17, 15) is 9.59 Å². The van der Waals surface area contributed by atoms with Crippen LogP contribution in [0.1, 0.15) is 11.1 Å². The summed E-state index contributed by atoms with van der Waals surface area (Å²) in [4.78, 5) is 22.7. The summed E-state index contributed by atoms with van der Waals surface area (Å²) in [6, 6.07) is 7.96. The molecular formula is C14H12O2. The van der Waals surface area contributed by atoms with Crippen molar-refractivity contribution in [1.82, 2.24) is 0 Å². The maximum Gasteiger partial charge on any atom is 0.182 e. The molecule has 0 saturated carbocycles. The summed E-state index contributed by atoms with van der Waals surface area (Å²) in [5.74, 6) is -0.179. The molecule has 2 heteroatoms. The number of rotatable bonds is 2. The van der Waals surface area contributed by atoms with Crippen LogP contribution in [-0.2, 0) is 16.0 Å². The Morgan fingerprint density at radius 3 is 2.38 bits per heavy atom. The monoisotopic (exact) mass is 212 g/mol. The van der Waals surface area contributed by atoms with E-state index < -0.39 is 0 Å². The van der Waals surface area contributed by atoms with Crippen molar-refractivity contribution in [3.8, 4) is 0 Å². The van der Waals surface area contributed by atoms with Crippen molar-refractivity contribution >= 4 is 11.6 Å². The summed E-state index contributed by atoms with van der Waals surface area (Å²) < 4.78 is 0. The molecular weight excluding hydrogens is 200 g/mol. The maximum absolute atomic E-state index is 11.5. The van der Waals surface area contributed by atoms with Crippen LogP contribution < -0.4 is 0 Å². The predicted octanol–water partition coefficient (Wildman–Crippen LogP) is 2.17. The minimum Gasteiger partial charge on any atom is -0.290 e. The van der Waals surface area contributed by atoms with Gasteiger partial charge in [0.25, 0.3) is 0 Å². The van der Waals surface area contributed by atoms with Crippen molar-refractivity contribution < 1.29 is 9.59 Å². The quantitative estimate of drug-likeness (QED) is 0.704. The molecule has 0 aliphatic heterocycles. The van der Waals surface area contributed by atoms with E-state index in [4.69, 9.17) is 0 Å². The number of ketones is 2. The molecule has 0 N–H and O–H groups in total. The van der Waals surface area contributed by atoms with E-state index in [1.165, 1.54) is 23.8 Å². The highest BCUT2D eigenvalue weighted by atomic mass is 16.1. The van der Waals surface area contributed by atoms with E-state index in [2.05, 4.69) is 0 Å². The lowest BCUT2D eigenvalue weighted by molar-refractivity contribution is -0.114. The van der Waals surface area contributed by atoms with Gasteiger partial charge in [-0.1, -0.05) is 29.8 Å². The molecule has 0 saturated heterocycles. The first-order valence-electron chi connectivity index (χ1n) is 5.17. The lowest BCUT2D eigenvalue weighted by Gasteiger charge is -2.07. The highest BCUT2D eigenvalue weighted by Gasteiger charge is 2.13. The highest BCUT2D eigenvalue weighted by molar-refractivity contribution is 6.17. The lowest BCUT2D eigenvalue weighted by Crippen LogP contribution is -2.09. The van der Waals surface area contributed by atoms with Crippen molar-refractivity contribution in [2.75, 3.05) is 0 Å². The van der Waals surface area contributed by atoms with Gasteiger partial charge in [0, 0.05) is 12.0 Å². The van der Waals surface area contributed by atoms with Crippen molar-refractivity contribution in [2.45, 2.75) is 13.3 Å². The van der Waals surface area contributed by atoms with Crippen LogP contribution in [0.15, 0.2) is 48.1 Å². The Bertz CT molecular complexity index is 490. The summed E-state index contributed by atoms with van der Waals surface area (Å²) in [7, 11) is 0. The third-order valence-corrected chi connectivity index (χ3v) is 2.55. The number of benzene rings is 1. The largest absolute Gasteiger partial charge is 0.290 e. The van der Waals surface area contributed by atoms with Gasteiger partial charge >= 0.3 is 0 Å². The van der Waals surface area contributed by atoms with E-state index in [0.29, 0.717) is 12.0 Å². The molecule has 1 aliphatic carbocycles. The van der Waals surface area contributed by atoms with Crippen LogP contribution in [0.2, 0.25) is 0 Å². The second kappa shape index (κ2) is 4.27. The average Bonchev–Trinajstić information content (AvgIpc) is 2.27. The number of carbonyl (C=O) groups excluding carboxylic acids is 2. The SMILES string of the molecule is Cc1ccc(CC2=CC(=O)C=CC2=O)cc1. The molecule has 0 unspecified atom stereocenters. The number of carbonyl (C=O) groups is 2. The van der Waals surface area contributed by atoms with Gasteiger partial charge in [0.15, 0.2) is 11.6 Å². The summed E-state index contributed by atoms with van der Waals surface area (Å²) in [6.07, 6.45) is 4.59. The van der Waals surface area contributed by atoms with Crippen LogP contribution in [0.3, 0.4) is 0 Å². The van der Waals surface area contributed by atoms with Gasteiger partial charge in [0.1, 0.15) is 0 Å². The Labute approximate surface area is 94.3 Å². The first kappa shape index (κ1) is 10.6. The molecule has 2 rings (SSSR count). The van der Waals surface area contributed by atoms with Gasteiger partial charge in [0.2, 0.25) is 0 Å². The smallest absolute Gasteiger partial charge is 0.182 e. The van der Waals surface area contributed by atoms with E-state index in [0.717, 1.165) is 5.56 Å². The Morgan fingerprint density at radius 1 is 1.00 bits per heavy atom. The molecule has 1 aromatic rings. The summed E-state index contributed by atoms with van der Waals surface area (Å²) in [6.45, 7) is 2.01. The zero-order valence-corrected chi connectivity index (χ0v) is 9.07. The Kier molecular flexibility index (Phi) is 2.82. The molecule has 0 fully saturated rings. The zero-order chi connectivity index (χ0) is 11.5. The van der Waals surface area contributed by atoms with Crippen molar-refractivity contribution in [3.63, 3.8) is 0 Å². The average molecular weight is 212 g/mol. The number of hydrogen-bond acceptors (Lipinski definition) is 2. The van der Waals surface area contributed by atoms with Crippen LogP contribution in [0.5, 0.6) is 0 Å². The second-order valence-electron chi connectivity index (χ2n) is 3.93. The van der Waals surface area contributed by atoms with Gasteiger partial charge in [-0.3, -0.25) is 9.59 Å². The lowest BCUT2D eigenvalue weighted by atomic mass is 9.96. The molecule has 0 bridgehead atoms. The Balaban J connectivity index is 2.18. The van der Waals surface area contributed by atoms with Gasteiger partial charge < -0.3 is 0 Å². The number of hydrogen-bond donors (Lipinski definition) is 0. The van der Waals surface area contributed by atoms with E-state index in [-0.39, 0.29) is 11.6 Å². The molecule has 80 valence electrons. The molecule has 1 aliphatic rings. The minimum absolute atomic E-state index is 0.0693. The minimum atomic E-state index is -0.110. The first-order chi connectivity index (χ1) is 7.65. The van der Waals surface area contributed by atoms with Crippen molar-refractivity contribution in [3.05, 3.63) is 59.2 Å². The maximum atomic E-state index is 11.5. The highest BCUT2D eigenvalue weighted by Crippen LogP contribution is 2.13. The van der Waals surface area contributed by atoms with Gasteiger partial charge in [-0.15, -0.1) is 0 Å². The first-order valence-corrected chi connectivity index (χ1v) is 5.17. The molecule has 0 atom stereocenters. The van der Waals surface area contributed by atoms with Gasteiger partial charge in [-0.2, -0.15) is 0 Å². The molecule has 0 radical (unpaired) electrons. The van der Waals surface area contributed by atoms with Crippen LogP contribution in [0.4, 0.5) is 0 Å². The molecule has 2 nitrogen and oxygen atoms in total. The molecule has 1 aromatic carbocycles. The van der Waals surface area contributed by atoms with Crippen LogP contribution >= 0.6 is 0 Å². The summed E-state index contributed by atoms with van der Waals surface area (Å²) in [5.41, 5.74) is 2.80. The van der Waals surface area contributed by atoms with Crippen LogP contribution in [0.25, 0.3) is 0 Å². The Hall–Kier alpha value is -1.96. The third kappa shape index (κ3) is 2.34. The van der Waals surface area contributed by atoms with Crippen molar-refractivity contribution in [1.29, 1.82) is 0 Å². The van der Waals surface area contributed by atoms with Gasteiger partial charge in [0.05, 0.1) is 0 Å². The Morgan fingerprint density at radius 2 is 1.69 bits per heavy atom. The standard InChI is InChI=1S/C14H12O2/c1-10-2-4-11(5-3-10)8-12-9-13(15)6-7-14(12)16/h2-7,9H,8H2,1H3. The molecule has 16 heavy (non-hydrogen) atoms. The van der Waals surface area contributed by atoms with Crippen LogP contribution in [0, 0.1) is 6.92 Å². The fourth-order valence-corrected chi connectivity index (χ4v) is 1.62. The second-order valence-corrected chi connectivity index (χ2v) is 3.93. The summed E-state index contributed by atoms with van der Waals surface area (Å²) >= 11 is 0. The number of aryl methyl sites for hydroxylation is 1. The fraction of sp³-hybridized carbons (Fsp3) is 0.143. The topological polar surface area (TPSA) is 34.1 Å². The van der Waals surface area contributed by atoms with Crippen LogP contribution in [-0.4, -0.2) is 11.6 Å². The third-order valence-electron chi connectivity index (χ3n) is 2.55. The fourth-order valence-electron chi connectivity index (χ4n) is 1.62. The van der Waals surface area contributed by atoms with Gasteiger partial charge in [-0.05, 0) is 30.7 Å². The van der Waals surface area contributed by atoms with Crippen molar-refractivity contribution in [2.24, 2.45) is 0 Å². The molecule has 0 amide bonds. The number of allylic oxidation sites excluding steroid dienone is 4. The van der Waals surface area contributed by atoms with E-state index in [1.54, 1.807) is 0 Å². The molecule has 0 aromatic heterocycles. The van der Waals surface area contributed by atoms with E-state index in [1.807, 2.05) is 31.2 Å². The van der Waals surface area contributed by atoms with E-state index >= 15 is 0 Å². The molecule has 0 spiro atoms. The normalized spacial score (nSPS) is 15.2. The van der Waals surface area contributed by atoms with Gasteiger partial charge in [-0.25, -0.2) is 0 Å². The zero-order valence-electron chi connectivity index (χ0n) is 9.07. The predicted molar refractivity (Wildman–Crippen MR) is 62.1 cm³/mol. The summed E-state index contributed by atoms with van der Waals surface area (Å²) in [5, 5.41) is 0. The molecule has 0 heterocycles.